The molecule has 1 N–H and O–H groups in total. The number of nitrogens with zero attached hydrogens (tertiary/aromatic N) is 1. The van der Waals surface area contributed by atoms with Crippen molar-refractivity contribution in [1.29, 1.82) is 0 Å². The van der Waals surface area contributed by atoms with Crippen molar-refractivity contribution in [1.82, 2.24) is 4.90 Å². The number of halogens is 1. The number of amides is 1. The molecule has 3 aromatic rings. The minimum Gasteiger partial charge on any atom is -0.450 e. The molecule has 1 amide bonds. The van der Waals surface area contributed by atoms with E-state index in [0.29, 0.717) is 23.1 Å². The Morgan fingerprint density at radius 3 is 2.61 bits per heavy atom. The molecule has 0 spiro atoms. The first kappa shape index (κ1) is 22.3. The van der Waals surface area contributed by atoms with Crippen molar-refractivity contribution in [2.45, 2.75) is 26.3 Å². The monoisotopic (exact) mass is 511 g/mol. The Hall–Kier alpha value is -2.48. The molecule has 33 heavy (non-hydrogen) atoms. The molecule has 1 saturated heterocycles. The third-order valence-corrected chi connectivity index (χ3v) is 7.37. The van der Waals surface area contributed by atoms with Crippen LogP contribution in [0.5, 0.6) is 0 Å². The lowest BCUT2D eigenvalue weighted by atomic mass is 9.97. The first-order valence-electron chi connectivity index (χ1n) is 11.5. The molecule has 1 atom stereocenters. The standard InChI is InChI=1S/C26H27BrN2O4/c1-16-13-20-21(14-17(16)2)33-25-22(24(20)30)23(18-5-3-6-19(27)15-18)29(26(25)31)8-4-7-28-9-11-32-12-10-28/h3,5-6,13-15,23H,4,7-12H2,1-2H3/p+1/t23-/m1/s1. The Kier molecular flexibility index (Phi) is 6.12. The van der Waals surface area contributed by atoms with Crippen molar-refractivity contribution in [3.8, 4) is 0 Å². The van der Waals surface area contributed by atoms with Gasteiger partial charge in [-0.3, -0.25) is 9.59 Å². The number of carbonyl (C=O) groups is 1. The average molecular weight is 512 g/mol. The highest BCUT2D eigenvalue weighted by atomic mass is 79.9. The van der Waals surface area contributed by atoms with Crippen LogP contribution < -0.4 is 10.3 Å². The van der Waals surface area contributed by atoms with Gasteiger partial charge < -0.3 is 19.0 Å². The summed E-state index contributed by atoms with van der Waals surface area (Å²) in [6.45, 7) is 9.06. The van der Waals surface area contributed by atoms with Crippen LogP contribution in [-0.4, -0.2) is 50.2 Å². The predicted octanol–water partition coefficient (Wildman–Crippen LogP) is 3.02. The number of fused-ring (bicyclic) bond motifs is 2. The second kappa shape index (κ2) is 9.05. The summed E-state index contributed by atoms with van der Waals surface area (Å²) >= 11 is 3.54. The van der Waals surface area contributed by atoms with Gasteiger partial charge in [0.2, 0.25) is 5.76 Å². The molecule has 0 aliphatic carbocycles. The summed E-state index contributed by atoms with van der Waals surface area (Å²) in [4.78, 5) is 30.6. The molecular formula is C26H28BrN2O4+. The van der Waals surface area contributed by atoms with Crippen LogP contribution in [0.1, 0.15) is 45.3 Å². The van der Waals surface area contributed by atoms with Crippen LogP contribution >= 0.6 is 15.9 Å². The summed E-state index contributed by atoms with van der Waals surface area (Å²) in [6, 6.07) is 11.1. The van der Waals surface area contributed by atoms with Crippen LogP contribution in [0.3, 0.4) is 0 Å². The lowest BCUT2D eigenvalue weighted by Crippen LogP contribution is -3.14. The second-order valence-corrected chi connectivity index (χ2v) is 9.94. The fourth-order valence-corrected chi connectivity index (χ4v) is 5.36. The number of hydrogen-bond acceptors (Lipinski definition) is 4. The highest BCUT2D eigenvalue weighted by Gasteiger charge is 2.42. The van der Waals surface area contributed by atoms with E-state index in [1.807, 2.05) is 55.1 Å². The number of aryl methyl sites for hydroxylation is 2. The largest absolute Gasteiger partial charge is 0.450 e. The Labute approximate surface area is 201 Å². The Morgan fingerprint density at radius 2 is 1.85 bits per heavy atom. The van der Waals surface area contributed by atoms with Crippen molar-refractivity contribution in [3.63, 3.8) is 0 Å². The molecule has 2 aliphatic rings. The molecule has 2 aromatic carbocycles. The van der Waals surface area contributed by atoms with Crippen molar-refractivity contribution in [3.05, 3.63) is 79.1 Å². The van der Waals surface area contributed by atoms with E-state index in [-0.39, 0.29) is 17.1 Å². The summed E-state index contributed by atoms with van der Waals surface area (Å²) in [7, 11) is 0. The van der Waals surface area contributed by atoms with Gasteiger partial charge >= 0.3 is 0 Å². The SMILES string of the molecule is Cc1cc2oc3c(c(=O)c2cc1C)[C@@H](c1cccc(Br)c1)N(CCC[NH+]1CCOCC1)C3=O. The van der Waals surface area contributed by atoms with Crippen LogP contribution in [0.2, 0.25) is 0 Å². The van der Waals surface area contributed by atoms with Crippen molar-refractivity contribution in [2.75, 3.05) is 39.4 Å². The first-order valence-corrected chi connectivity index (χ1v) is 12.3. The van der Waals surface area contributed by atoms with Gasteiger partial charge in [0, 0.05) is 17.4 Å². The maximum Gasteiger partial charge on any atom is 0.290 e. The predicted molar refractivity (Wildman–Crippen MR) is 130 cm³/mol. The van der Waals surface area contributed by atoms with Gasteiger partial charge in [0.15, 0.2) is 5.43 Å². The Bertz CT molecular complexity index is 1280. The minimum absolute atomic E-state index is 0.117. The number of hydrogen-bond donors (Lipinski definition) is 1. The fourth-order valence-electron chi connectivity index (χ4n) is 4.94. The van der Waals surface area contributed by atoms with Gasteiger partial charge in [0.05, 0.1) is 36.8 Å². The second-order valence-electron chi connectivity index (χ2n) is 9.03. The van der Waals surface area contributed by atoms with Gasteiger partial charge in [-0.15, -0.1) is 0 Å². The average Bonchev–Trinajstić information content (AvgIpc) is 3.08. The zero-order valence-corrected chi connectivity index (χ0v) is 20.5. The van der Waals surface area contributed by atoms with Crippen LogP contribution in [0, 0.1) is 13.8 Å². The third kappa shape index (κ3) is 4.14. The van der Waals surface area contributed by atoms with Gasteiger partial charge in [0.25, 0.3) is 5.91 Å². The number of morpholine rings is 1. The zero-order valence-electron chi connectivity index (χ0n) is 18.9. The van der Waals surface area contributed by atoms with Gasteiger partial charge in [-0.1, -0.05) is 28.1 Å². The number of nitrogens with one attached hydrogen (secondary N) is 1. The minimum atomic E-state index is -0.452. The van der Waals surface area contributed by atoms with Crippen LogP contribution in [0.4, 0.5) is 0 Å². The molecule has 0 saturated carbocycles. The van der Waals surface area contributed by atoms with Crippen LogP contribution in [-0.2, 0) is 4.74 Å². The molecule has 7 heteroatoms. The summed E-state index contributed by atoms with van der Waals surface area (Å²) in [5.41, 5.74) is 3.78. The van der Waals surface area contributed by atoms with Gasteiger partial charge in [-0.05, 0) is 54.8 Å². The molecule has 1 aromatic heterocycles. The third-order valence-electron chi connectivity index (χ3n) is 6.88. The van der Waals surface area contributed by atoms with E-state index in [2.05, 4.69) is 15.9 Å². The van der Waals surface area contributed by atoms with E-state index in [1.54, 1.807) is 0 Å². The molecule has 5 rings (SSSR count). The maximum atomic E-state index is 13.7. The molecule has 2 aliphatic heterocycles. The lowest BCUT2D eigenvalue weighted by molar-refractivity contribution is -0.908. The highest BCUT2D eigenvalue weighted by molar-refractivity contribution is 9.10. The van der Waals surface area contributed by atoms with Gasteiger partial charge in [-0.2, -0.15) is 0 Å². The fraction of sp³-hybridized carbons (Fsp3) is 0.385. The van der Waals surface area contributed by atoms with Crippen LogP contribution in [0.15, 0.2) is 50.1 Å². The maximum absolute atomic E-state index is 13.7. The zero-order chi connectivity index (χ0) is 23.1. The smallest absolute Gasteiger partial charge is 0.290 e. The number of quaternary nitrogens is 1. The molecular weight excluding hydrogens is 484 g/mol. The summed E-state index contributed by atoms with van der Waals surface area (Å²) < 4.78 is 12.5. The summed E-state index contributed by atoms with van der Waals surface area (Å²) in [5, 5.41) is 0.532. The highest BCUT2D eigenvalue weighted by Crippen LogP contribution is 2.39. The molecule has 0 unspecified atom stereocenters. The summed E-state index contributed by atoms with van der Waals surface area (Å²) in [6.07, 6.45) is 0.853. The van der Waals surface area contributed by atoms with Crippen LogP contribution in [0.25, 0.3) is 11.0 Å². The van der Waals surface area contributed by atoms with E-state index in [4.69, 9.17) is 9.15 Å². The van der Waals surface area contributed by atoms with Crippen molar-refractivity contribution in [2.24, 2.45) is 0 Å². The van der Waals surface area contributed by atoms with E-state index in [9.17, 15) is 9.59 Å². The molecule has 6 nitrogen and oxygen atoms in total. The Morgan fingerprint density at radius 1 is 1.09 bits per heavy atom. The first-order chi connectivity index (χ1) is 15.9. The van der Waals surface area contributed by atoms with Crippen molar-refractivity contribution < 1.29 is 18.8 Å². The quantitative estimate of drug-likeness (QED) is 0.571. The molecule has 1 fully saturated rings. The van der Waals surface area contributed by atoms with E-state index < -0.39 is 6.04 Å². The Balaban J connectivity index is 1.56. The van der Waals surface area contributed by atoms with E-state index in [1.165, 1.54) is 4.90 Å². The molecule has 172 valence electrons. The normalized spacial score (nSPS) is 18.8. The number of ether oxygens (including phenoxy) is 1. The van der Waals surface area contributed by atoms with E-state index in [0.717, 1.165) is 60.4 Å². The molecule has 0 bridgehead atoms. The number of carbonyl (C=O) groups excluding carboxylic acids is 1. The van der Waals surface area contributed by atoms with Gasteiger partial charge in [0.1, 0.15) is 18.7 Å². The number of rotatable bonds is 5. The molecule has 3 heterocycles. The van der Waals surface area contributed by atoms with E-state index >= 15 is 0 Å². The molecule has 0 radical (unpaired) electrons. The number of benzene rings is 2. The lowest BCUT2D eigenvalue weighted by Gasteiger charge is -2.27. The van der Waals surface area contributed by atoms with Gasteiger partial charge in [-0.25, -0.2) is 0 Å². The topological polar surface area (TPSA) is 64.2 Å². The van der Waals surface area contributed by atoms with Crippen molar-refractivity contribution >= 4 is 32.8 Å². The summed E-state index contributed by atoms with van der Waals surface area (Å²) in [5.74, 6) is -0.0244.